The molecule has 1 aromatic heterocycles. The van der Waals surface area contributed by atoms with Gasteiger partial charge < -0.3 is 21.3 Å². The van der Waals surface area contributed by atoms with E-state index in [0.29, 0.717) is 59.3 Å². The molecule has 3 aromatic rings. The number of carbonyl (C=O) groups is 3. The van der Waals surface area contributed by atoms with Crippen LogP contribution in [0.1, 0.15) is 44.7 Å². The van der Waals surface area contributed by atoms with Crippen LogP contribution in [-0.4, -0.2) is 46.5 Å². The van der Waals surface area contributed by atoms with Crippen LogP contribution < -0.4 is 16.4 Å². The molecule has 38 heavy (non-hydrogen) atoms. The second-order valence-corrected chi connectivity index (χ2v) is 9.20. The Labute approximate surface area is 224 Å². The van der Waals surface area contributed by atoms with E-state index in [2.05, 4.69) is 21.5 Å². The molecule has 2 heterocycles. The standard InChI is InChI=1S/C28H25ClN6O3/c1-2-17-3-10-24(32-16-17)34-28(38)22-15-21(29)8-9-23(22)33-27(37)20-6-4-18(5-7-20)25(30)35-13-11-19(12-14-35)26(31)36/h1,3-10,15-16,19,30H,11-14H2,(H2,31,36)(H,33,37)(H,32,34,38). The lowest BCUT2D eigenvalue weighted by Gasteiger charge is -2.32. The normalized spacial score (nSPS) is 13.3. The van der Waals surface area contributed by atoms with Crippen LogP contribution in [0, 0.1) is 23.7 Å². The fourth-order valence-electron chi connectivity index (χ4n) is 4.09. The highest BCUT2D eigenvalue weighted by molar-refractivity contribution is 6.31. The average Bonchev–Trinajstić information content (AvgIpc) is 2.94. The number of terminal acetylenes is 1. The van der Waals surface area contributed by atoms with Crippen LogP contribution in [0.2, 0.25) is 5.02 Å². The summed E-state index contributed by atoms with van der Waals surface area (Å²) in [5.74, 6) is 1.67. The van der Waals surface area contributed by atoms with Crippen LogP contribution in [0.25, 0.3) is 0 Å². The first-order valence-electron chi connectivity index (χ1n) is 11.8. The van der Waals surface area contributed by atoms with Crippen molar-refractivity contribution in [1.29, 1.82) is 5.41 Å². The number of rotatable bonds is 6. The predicted molar refractivity (Wildman–Crippen MR) is 146 cm³/mol. The molecule has 0 saturated carbocycles. The number of nitrogens with one attached hydrogen (secondary N) is 3. The van der Waals surface area contributed by atoms with Crippen LogP contribution in [-0.2, 0) is 4.79 Å². The summed E-state index contributed by atoms with van der Waals surface area (Å²) in [6.45, 7) is 1.14. The zero-order chi connectivity index (χ0) is 27.2. The minimum absolute atomic E-state index is 0.157. The van der Waals surface area contributed by atoms with Crippen LogP contribution >= 0.6 is 11.6 Å². The molecule has 0 radical (unpaired) electrons. The summed E-state index contributed by atoms with van der Waals surface area (Å²) in [4.78, 5) is 43.3. The number of likely N-dealkylation sites (tertiary alicyclic amines) is 1. The summed E-state index contributed by atoms with van der Waals surface area (Å²) in [6, 6.07) is 14.4. The number of carbonyl (C=O) groups excluding carboxylic acids is 3. The zero-order valence-corrected chi connectivity index (χ0v) is 21.1. The van der Waals surface area contributed by atoms with Gasteiger partial charge in [-0.15, -0.1) is 6.42 Å². The van der Waals surface area contributed by atoms with Crippen molar-refractivity contribution in [2.24, 2.45) is 11.7 Å². The molecule has 0 atom stereocenters. The number of amidine groups is 1. The third-order valence-electron chi connectivity index (χ3n) is 6.28. The van der Waals surface area contributed by atoms with Crippen LogP contribution in [0.5, 0.6) is 0 Å². The summed E-state index contributed by atoms with van der Waals surface area (Å²) in [5, 5.41) is 14.2. The molecule has 9 nitrogen and oxygen atoms in total. The van der Waals surface area contributed by atoms with Crippen molar-refractivity contribution in [2.75, 3.05) is 23.7 Å². The Balaban J connectivity index is 1.43. The first-order valence-corrected chi connectivity index (χ1v) is 12.2. The van der Waals surface area contributed by atoms with Gasteiger partial charge in [0, 0.05) is 46.9 Å². The van der Waals surface area contributed by atoms with Crippen molar-refractivity contribution < 1.29 is 14.4 Å². The lowest BCUT2D eigenvalue weighted by Crippen LogP contribution is -2.41. The number of nitrogens with two attached hydrogens (primary N) is 1. The molecule has 10 heteroatoms. The Morgan fingerprint density at radius 1 is 1.00 bits per heavy atom. The van der Waals surface area contributed by atoms with Crippen molar-refractivity contribution in [3.05, 3.63) is 88.1 Å². The number of pyridine rings is 1. The SMILES string of the molecule is C#Cc1ccc(NC(=O)c2cc(Cl)ccc2NC(=O)c2ccc(C(=N)N3CCC(C(N)=O)CC3)cc2)nc1. The van der Waals surface area contributed by atoms with E-state index in [1.807, 2.05) is 4.90 Å². The van der Waals surface area contributed by atoms with E-state index in [1.165, 1.54) is 12.3 Å². The first kappa shape index (κ1) is 26.4. The van der Waals surface area contributed by atoms with E-state index < -0.39 is 11.8 Å². The van der Waals surface area contributed by atoms with Gasteiger partial charge in [-0.1, -0.05) is 29.7 Å². The maximum Gasteiger partial charge on any atom is 0.258 e. The highest BCUT2D eigenvalue weighted by Crippen LogP contribution is 2.23. The molecule has 2 aromatic carbocycles. The topological polar surface area (TPSA) is 141 Å². The summed E-state index contributed by atoms with van der Waals surface area (Å²) >= 11 is 6.11. The molecular weight excluding hydrogens is 504 g/mol. The number of piperidine rings is 1. The number of benzene rings is 2. The van der Waals surface area contributed by atoms with Crippen molar-refractivity contribution in [3.63, 3.8) is 0 Å². The van der Waals surface area contributed by atoms with E-state index in [1.54, 1.807) is 48.5 Å². The van der Waals surface area contributed by atoms with Gasteiger partial charge >= 0.3 is 0 Å². The molecule has 1 fully saturated rings. The Bertz CT molecular complexity index is 1420. The van der Waals surface area contributed by atoms with Gasteiger partial charge in [0.05, 0.1) is 11.3 Å². The van der Waals surface area contributed by atoms with Crippen molar-refractivity contribution in [3.8, 4) is 12.3 Å². The molecule has 0 unspecified atom stereocenters. The third-order valence-corrected chi connectivity index (χ3v) is 6.52. The summed E-state index contributed by atoms with van der Waals surface area (Å²) in [5.41, 5.74) is 7.39. The number of hydrogen-bond acceptors (Lipinski definition) is 5. The van der Waals surface area contributed by atoms with Crippen molar-refractivity contribution in [1.82, 2.24) is 9.88 Å². The average molecular weight is 529 g/mol. The first-order chi connectivity index (χ1) is 18.2. The maximum atomic E-state index is 13.0. The largest absolute Gasteiger partial charge is 0.369 e. The fourth-order valence-corrected chi connectivity index (χ4v) is 4.27. The number of aromatic nitrogens is 1. The second kappa shape index (κ2) is 11.6. The van der Waals surface area contributed by atoms with Gasteiger partial charge in [-0.25, -0.2) is 4.98 Å². The molecular formula is C28H25ClN6O3. The molecule has 1 aliphatic heterocycles. The number of amides is 3. The number of primary amides is 1. The number of halogens is 1. The highest BCUT2D eigenvalue weighted by atomic mass is 35.5. The third kappa shape index (κ3) is 6.17. The molecule has 4 rings (SSSR count). The summed E-state index contributed by atoms with van der Waals surface area (Å²) in [6.07, 6.45) is 8.02. The van der Waals surface area contributed by atoms with E-state index in [9.17, 15) is 14.4 Å². The lowest BCUT2D eigenvalue weighted by atomic mass is 9.95. The van der Waals surface area contributed by atoms with Gasteiger partial charge in [0.25, 0.3) is 11.8 Å². The van der Waals surface area contributed by atoms with E-state index >= 15 is 0 Å². The quantitative estimate of drug-likeness (QED) is 0.219. The van der Waals surface area contributed by atoms with E-state index in [4.69, 9.17) is 29.2 Å². The summed E-state index contributed by atoms with van der Waals surface area (Å²) in [7, 11) is 0. The fraction of sp³-hybridized carbons (Fsp3) is 0.179. The van der Waals surface area contributed by atoms with Gasteiger partial charge in [0.15, 0.2) is 0 Å². The monoisotopic (exact) mass is 528 g/mol. The predicted octanol–water partition coefficient (Wildman–Crippen LogP) is 3.74. The molecule has 5 N–H and O–H groups in total. The maximum absolute atomic E-state index is 13.0. The number of hydrogen-bond donors (Lipinski definition) is 4. The molecule has 0 aliphatic carbocycles. The minimum atomic E-state index is -0.507. The van der Waals surface area contributed by atoms with E-state index in [0.717, 1.165) is 0 Å². The van der Waals surface area contributed by atoms with Gasteiger partial charge in [0.1, 0.15) is 11.7 Å². The smallest absolute Gasteiger partial charge is 0.258 e. The van der Waals surface area contributed by atoms with Crippen molar-refractivity contribution >= 4 is 46.7 Å². The zero-order valence-electron chi connectivity index (χ0n) is 20.3. The van der Waals surface area contributed by atoms with Gasteiger partial charge in [0.2, 0.25) is 5.91 Å². The lowest BCUT2D eigenvalue weighted by molar-refractivity contribution is -0.122. The minimum Gasteiger partial charge on any atom is -0.369 e. The number of nitrogens with zero attached hydrogens (tertiary/aromatic N) is 2. The van der Waals surface area contributed by atoms with E-state index in [-0.39, 0.29) is 23.1 Å². The molecule has 0 spiro atoms. The van der Waals surface area contributed by atoms with Crippen LogP contribution in [0.4, 0.5) is 11.5 Å². The highest BCUT2D eigenvalue weighted by Gasteiger charge is 2.25. The molecule has 1 saturated heterocycles. The van der Waals surface area contributed by atoms with Crippen LogP contribution in [0.3, 0.4) is 0 Å². The Hall–Kier alpha value is -4.68. The Morgan fingerprint density at radius 2 is 1.68 bits per heavy atom. The molecule has 1 aliphatic rings. The van der Waals surface area contributed by atoms with Crippen LogP contribution in [0.15, 0.2) is 60.8 Å². The van der Waals surface area contributed by atoms with Gasteiger partial charge in [-0.3, -0.25) is 19.8 Å². The van der Waals surface area contributed by atoms with Gasteiger partial charge in [-0.05, 0) is 55.3 Å². The van der Waals surface area contributed by atoms with Crippen molar-refractivity contribution in [2.45, 2.75) is 12.8 Å². The summed E-state index contributed by atoms with van der Waals surface area (Å²) < 4.78 is 0. The number of anilines is 2. The molecule has 0 bridgehead atoms. The Morgan fingerprint density at radius 3 is 2.29 bits per heavy atom. The second-order valence-electron chi connectivity index (χ2n) is 8.76. The van der Waals surface area contributed by atoms with Gasteiger partial charge in [-0.2, -0.15) is 0 Å². The Kier molecular flexibility index (Phi) is 8.04. The molecule has 3 amide bonds. The molecule has 192 valence electrons.